The summed E-state index contributed by atoms with van der Waals surface area (Å²) in [5.41, 5.74) is 0. The van der Waals surface area contributed by atoms with Crippen LogP contribution < -0.4 is 0 Å². The summed E-state index contributed by atoms with van der Waals surface area (Å²) in [6.45, 7) is -0.491. The Morgan fingerprint density at radius 1 is 1.57 bits per heavy atom. The zero-order valence-electron chi connectivity index (χ0n) is 7.37. The number of carbonyl (C=O) groups is 1. The molecule has 0 spiro atoms. The van der Waals surface area contributed by atoms with Crippen LogP contribution in [0.5, 0.6) is 0 Å². The van der Waals surface area contributed by atoms with Crippen molar-refractivity contribution in [2.45, 2.75) is 36.9 Å². The number of ether oxygens (including phenoxy) is 2. The number of rotatable bonds is 2. The van der Waals surface area contributed by atoms with Gasteiger partial charge in [-0.3, -0.25) is 4.79 Å². The van der Waals surface area contributed by atoms with Crippen molar-refractivity contribution in [3.63, 3.8) is 0 Å². The number of aliphatic hydroxyl groups excluding tert-OH is 3. The number of hydrogen-bond acceptors (Lipinski definition) is 6. The largest absolute Gasteiger partial charge is 0.457 e. The highest BCUT2D eigenvalue weighted by Crippen LogP contribution is 2.32. The highest BCUT2D eigenvalue weighted by molar-refractivity contribution is 5.73. The van der Waals surface area contributed by atoms with Crippen molar-refractivity contribution in [1.82, 2.24) is 0 Å². The van der Waals surface area contributed by atoms with E-state index in [1.165, 1.54) is 0 Å². The first-order valence-corrected chi connectivity index (χ1v) is 4.45. The molecule has 0 saturated carbocycles. The van der Waals surface area contributed by atoms with Crippen LogP contribution in [0.25, 0.3) is 0 Å². The fourth-order valence-electron chi connectivity index (χ4n) is 1.86. The number of carbonyl (C=O) groups excluding carboxylic acids is 1. The molecule has 0 unspecified atom stereocenters. The van der Waals surface area contributed by atoms with Gasteiger partial charge in [-0.15, -0.1) is 0 Å². The van der Waals surface area contributed by atoms with E-state index in [1.807, 2.05) is 0 Å². The molecule has 0 bridgehead atoms. The Kier molecular flexibility index (Phi) is 2.44. The van der Waals surface area contributed by atoms with Gasteiger partial charge in [0.05, 0.1) is 13.0 Å². The van der Waals surface area contributed by atoms with Gasteiger partial charge >= 0.3 is 5.97 Å². The third-order valence-electron chi connectivity index (χ3n) is 2.57. The second-order valence-electron chi connectivity index (χ2n) is 3.54. The molecular weight excluding hydrogens is 192 g/mol. The van der Waals surface area contributed by atoms with Crippen molar-refractivity contribution in [2.75, 3.05) is 6.61 Å². The first-order chi connectivity index (χ1) is 6.63. The summed E-state index contributed by atoms with van der Waals surface area (Å²) in [7, 11) is 0. The summed E-state index contributed by atoms with van der Waals surface area (Å²) in [6, 6.07) is 0. The van der Waals surface area contributed by atoms with Crippen LogP contribution in [-0.2, 0) is 14.3 Å². The summed E-state index contributed by atoms with van der Waals surface area (Å²) >= 11 is 0. The van der Waals surface area contributed by atoms with Gasteiger partial charge in [0.25, 0.3) is 0 Å². The molecule has 0 aliphatic carbocycles. The van der Waals surface area contributed by atoms with E-state index in [0.717, 1.165) is 0 Å². The van der Waals surface area contributed by atoms with Gasteiger partial charge in [-0.2, -0.15) is 0 Å². The summed E-state index contributed by atoms with van der Waals surface area (Å²) in [5, 5.41) is 27.6. The quantitative estimate of drug-likeness (QED) is 0.441. The fraction of sp³-hybridized carbons (Fsp3) is 0.875. The molecule has 14 heavy (non-hydrogen) atoms. The summed E-state index contributed by atoms with van der Waals surface area (Å²) in [4.78, 5) is 10.8. The third-order valence-corrected chi connectivity index (χ3v) is 2.57. The van der Waals surface area contributed by atoms with Crippen LogP contribution in [-0.4, -0.2) is 58.4 Å². The highest BCUT2D eigenvalue weighted by Gasteiger charge is 2.52. The molecule has 2 rings (SSSR count). The molecule has 3 N–H and O–H groups in total. The average molecular weight is 204 g/mol. The third kappa shape index (κ3) is 1.40. The highest BCUT2D eigenvalue weighted by atomic mass is 16.6. The van der Waals surface area contributed by atoms with Gasteiger partial charge in [0.15, 0.2) is 6.10 Å². The van der Waals surface area contributed by atoms with Crippen LogP contribution in [0.1, 0.15) is 6.42 Å². The zero-order chi connectivity index (χ0) is 10.3. The summed E-state index contributed by atoms with van der Waals surface area (Å²) < 4.78 is 10.0. The van der Waals surface area contributed by atoms with Gasteiger partial charge in [-0.1, -0.05) is 0 Å². The lowest BCUT2D eigenvalue weighted by Gasteiger charge is -2.20. The van der Waals surface area contributed by atoms with Crippen LogP contribution >= 0.6 is 0 Å². The normalized spacial score (nSPS) is 43.5. The molecule has 0 aromatic carbocycles. The minimum atomic E-state index is -1.14. The van der Waals surface area contributed by atoms with Crippen LogP contribution in [0.15, 0.2) is 0 Å². The Morgan fingerprint density at radius 2 is 2.29 bits per heavy atom. The number of hydrogen-bond donors (Lipinski definition) is 3. The van der Waals surface area contributed by atoms with Crippen molar-refractivity contribution in [1.29, 1.82) is 0 Å². The lowest BCUT2D eigenvalue weighted by molar-refractivity contribution is -0.147. The molecule has 5 atom stereocenters. The minimum Gasteiger partial charge on any atom is -0.457 e. The molecule has 2 heterocycles. The molecule has 2 aliphatic heterocycles. The first kappa shape index (κ1) is 9.85. The van der Waals surface area contributed by atoms with Crippen LogP contribution in [0.3, 0.4) is 0 Å². The molecule has 2 aliphatic rings. The maximum Gasteiger partial charge on any atom is 0.309 e. The topological polar surface area (TPSA) is 96.2 Å². The number of esters is 1. The smallest absolute Gasteiger partial charge is 0.309 e. The monoisotopic (exact) mass is 204 g/mol. The molecule has 0 amide bonds. The zero-order valence-corrected chi connectivity index (χ0v) is 7.37. The average Bonchev–Trinajstić information content (AvgIpc) is 2.64. The lowest BCUT2D eigenvalue weighted by atomic mass is 10.0. The SMILES string of the molecule is O=C1C[C@H]2O[C@H]([C@H](O)CO)[C@H](O)[C@H]2O1. The van der Waals surface area contributed by atoms with E-state index in [-0.39, 0.29) is 6.42 Å². The molecule has 0 radical (unpaired) electrons. The predicted molar refractivity (Wildman–Crippen MR) is 42.3 cm³/mol. The standard InChI is InChI=1S/C8H12O6/c9-2-3(10)7-6(12)8-4(13-7)1-5(11)14-8/h3-4,6-10,12H,1-2H2/t3-,4-,6+,7-,8+/m1/s1. The van der Waals surface area contributed by atoms with Crippen molar-refractivity contribution < 1.29 is 29.6 Å². The van der Waals surface area contributed by atoms with Crippen molar-refractivity contribution in [3.8, 4) is 0 Å². The molecule has 2 saturated heterocycles. The molecule has 6 nitrogen and oxygen atoms in total. The van der Waals surface area contributed by atoms with Gasteiger partial charge in [0.1, 0.15) is 24.4 Å². The van der Waals surface area contributed by atoms with E-state index in [4.69, 9.17) is 14.6 Å². The Bertz CT molecular complexity index is 242. The van der Waals surface area contributed by atoms with Gasteiger partial charge in [-0.05, 0) is 0 Å². The molecule has 0 aromatic rings. The van der Waals surface area contributed by atoms with E-state index in [0.29, 0.717) is 0 Å². The molecule has 80 valence electrons. The maximum absolute atomic E-state index is 10.8. The molecule has 6 heteroatoms. The van der Waals surface area contributed by atoms with E-state index in [1.54, 1.807) is 0 Å². The van der Waals surface area contributed by atoms with E-state index in [9.17, 15) is 15.0 Å². The Balaban J connectivity index is 2.05. The van der Waals surface area contributed by atoms with Gasteiger partial charge in [0.2, 0.25) is 0 Å². The van der Waals surface area contributed by atoms with Gasteiger partial charge in [0, 0.05) is 0 Å². The number of aliphatic hydroxyl groups is 3. The molecule has 2 fully saturated rings. The Morgan fingerprint density at radius 3 is 2.86 bits per heavy atom. The lowest BCUT2D eigenvalue weighted by Crippen LogP contribution is -2.41. The number of fused-ring (bicyclic) bond motifs is 1. The van der Waals surface area contributed by atoms with Gasteiger partial charge in [-0.25, -0.2) is 0 Å². The predicted octanol–water partition coefficient (Wildman–Crippen LogP) is -2.22. The Hall–Kier alpha value is -0.690. The minimum absolute atomic E-state index is 0.0936. The fourth-order valence-corrected chi connectivity index (χ4v) is 1.86. The maximum atomic E-state index is 10.8. The van der Waals surface area contributed by atoms with Crippen molar-refractivity contribution in [3.05, 3.63) is 0 Å². The first-order valence-electron chi connectivity index (χ1n) is 4.45. The van der Waals surface area contributed by atoms with Crippen molar-refractivity contribution in [2.24, 2.45) is 0 Å². The van der Waals surface area contributed by atoms with E-state index in [2.05, 4.69) is 0 Å². The summed E-state index contributed by atoms with van der Waals surface area (Å²) in [6.07, 6.45) is -4.18. The Labute approximate surface area is 80.1 Å². The summed E-state index contributed by atoms with van der Waals surface area (Å²) in [5.74, 6) is -0.406. The second-order valence-corrected chi connectivity index (χ2v) is 3.54. The van der Waals surface area contributed by atoms with Gasteiger partial charge < -0.3 is 24.8 Å². The van der Waals surface area contributed by atoms with E-state index >= 15 is 0 Å². The molecular formula is C8H12O6. The van der Waals surface area contributed by atoms with E-state index < -0.39 is 43.1 Å². The second kappa shape index (κ2) is 3.47. The van der Waals surface area contributed by atoms with Crippen LogP contribution in [0.4, 0.5) is 0 Å². The van der Waals surface area contributed by atoms with Crippen LogP contribution in [0.2, 0.25) is 0 Å². The molecule has 0 aromatic heterocycles. The van der Waals surface area contributed by atoms with Crippen molar-refractivity contribution >= 4 is 5.97 Å². The van der Waals surface area contributed by atoms with Crippen LogP contribution in [0, 0.1) is 0 Å².